The lowest BCUT2D eigenvalue weighted by molar-refractivity contribution is -0.144. The molecule has 1 saturated heterocycles. The number of carbonyl (C=O) groups is 2. The maximum Gasteiger partial charge on any atom is 0.240 e. The molecular weight excluding hydrogens is 200 g/mol. The van der Waals surface area contributed by atoms with Gasteiger partial charge in [-0.1, -0.05) is 0 Å². The van der Waals surface area contributed by atoms with Crippen LogP contribution < -0.4 is 0 Å². The fraction of sp³-hybridized carbons (Fsp3) is 0.667. The molecule has 1 heterocycles. The van der Waals surface area contributed by atoms with Crippen LogP contribution in [0.15, 0.2) is 0 Å². The van der Waals surface area contributed by atoms with Crippen molar-refractivity contribution in [3.05, 3.63) is 0 Å². The molecule has 1 saturated carbocycles. The van der Waals surface area contributed by atoms with E-state index in [1.165, 1.54) is 16.7 Å². The number of rotatable bonds is 2. The average Bonchev–Trinajstić information content (AvgIpc) is 2.95. The van der Waals surface area contributed by atoms with Gasteiger partial charge in [0.1, 0.15) is 6.04 Å². The summed E-state index contributed by atoms with van der Waals surface area (Å²) in [4.78, 5) is 24.1. The predicted molar refractivity (Wildman–Crippen MR) is 51.3 cm³/mol. The van der Waals surface area contributed by atoms with Crippen molar-refractivity contribution in [3.8, 4) is 6.07 Å². The molecule has 1 unspecified atom stereocenters. The maximum absolute atomic E-state index is 11.5. The second-order valence-electron chi connectivity index (χ2n) is 3.56. The normalized spacial score (nSPS) is 24.6. The first-order chi connectivity index (χ1) is 6.74. The van der Waals surface area contributed by atoms with Crippen LogP contribution in [-0.4, -0.2) is 34.3 Å². The zero-order chi connectivity index (χ0) is 10.1. The molecule has 0 bridgehead atoms. The Morgan fingerprint density at radius 2 is 1.93 bits per heavy atom. The lowest BCUT2D eigenvalue weighted by Gasteiger charge is -2.28. The smallest absolute Gasteiger partial charge is 0.240 e. The van der Waals surface area contributed by atoms with Crippen LogP contribution in [0.25, 0.3) is 0 Å². The molecule has 2 rings (SSSR count). The van der Waals surface area contributed by atoms with Crippen molar-refractivity contribution in [1.82, 2.24) is 4.90 Å². The fourth-order valence-electron chi connectivity index (χ4n) is 1.60. The molecule has 0 spiro atoms. The Labute approximate surface area is 86.2 Å². The number of hydrogen-bond acceptors (Lipinski definition) is 4. The summed E-state index contributed by atoms with van der Waals surface area (Å²) in [5.74, 6) is 0.484. The largest absolute Gasteiger partial charge is 0.273 e. The van der Waals surface area contributed by atoms with Gasteiger partial charge in [-0.15, -0.1) is 11.8 Å². The SMILES string of the molecule is N#CC(C1CC1)N1C(=O)CSCC1=O. The molecule has 0 aromatic carbocycles. The van der Waals surface area contributed by atoms with Crippen molar-refractivity contribution in [2.24, 2.45) is 5.92 Å². The number of carbonyl (C=O) groups excluding carboxylic acids is 2. The first-order valence-corrected chi connectivity index (χ1v) is 5.71. The van der Waals surface area contributed by atoms with Gasteiger partial charge in [-0.2, -0.15) is 5.26 Å². The average molecular weight is 210 g/mol. The number of imide groups is 1. The monoisotopic (exact) mass is 210 g/mol. The summed E-state index contributed by atoms with van der Waals surface area (Å²) < 4.78 is 0. The van der Waals surface area contributed by atoms with Gasteiger partial charge in [0.25, 0.3) is 0 Å². The summed E-state index contributed by atoms with van der Waals surface area (Å²) in [7, 11) is 0. The quantitative estimate of drug-likeness (QED) is 0.619. The zero-order valence-corrected chi connectivity index (χ0v) is 8.42. The van der Waals surface area contributed by atoms with Gasteiger partial charge < -0.3 is 0 Å². The molecule has 1 aliphatic heterocycles. The second-order valence-corrected chi connectivity index (χ2v) is 4.55. The van der Waals surface area contributed by atoms with Crippen molar-refractivity contribution in [2.45, 2.75) is 18.9 Å². The highest BCUT2D eigenvalue weighted by atomic mass is 32.2. The van der Waals surface area contributed by atoms with E-state index in [9.17, 15) is 9.59 Å². The molecule has 4 nitrogen and oxygen atoms in total. The highest BCUT2D eigenvalue weighted by Gasteiger charge is 2.41. The Balaban J connectivity index is 2.16. The van der Waals surface area contributed by atoms with Gasteiger partial charge in [0.15, 0.2) is 0 Å². The summed E-state index contributed by atoms with van der Waals surface area (Å²) in [6, 6.07) is 1.57. The Bertz CT molecular complexity index is 303. The van der Waals surface area contributed by atoms with Gasteiger partial charge in [0.2, 0.25) is 11.8 Å². The molecular formula is C9H10N2O2S. The second kappa shape index (κ2) is 3.62. The third kappa shape index (κ3) is 1.62. The van der Waals surface area contributed by atoms with E-state index in [0.29, 0.717) is 11.5 Å². The highest BCUT2D eigenvalue weighted by molar-refractivity contribution is 8.00. The van der Waals surface area contributed by atoms with E-state index in [1.807, 2.05) is 0 Å². The molecule has 74 valence electrons. The summed E-state index contributed by atoms with van der Waals surface area (Å²) >= 11 is 1.32. The summed E-state index contributed by atoms with van der Waals surface area (Å²) in [5.41, 5.74) is 0. The predicted octanol–water partition coefficient (Wildman–Crippen LogP) is 0.391. The van der Waals surface area contributed by atoms with Gasteiger partial charge >= 0.3 is 0 Å². The Hall–Kier alpha value is -1.02. The molecule has 0 radical (unpaired) electrons. The van der Waals surface area contributed by atoms with Crippen molar-refractivity contribution in [2.75, 3.05) is 11.5 Å². The standard InChI is InChI=1S/C9H10N2O2S/c10-3-7(6-1-2-6)11-8(12)4-14-5-9(11)13/h6-7H,1-2,4-5H2. The highest BCUT2D eigenvalue weighted by Crippen LogP contribution is 2.36. The van der Waals surface area contributed by atoms with Crippen LogP contribution in [0.5, 0.6) is 0 Å². The van der Waals surface area contributed by atoms with Gasteiger partial charge in [-0.25, -0.2) is 0 Å². The van der Waals surface area contributed by atoms with E-state index in [4.69, 9.17) is 5.26 Å². The molecule has 0 N–H and O–H groups in total. The molecule has 2 fully saturated rings. The van der Waals surface area contributed by atoms with Crippen molar-refractivity contribution < 1.29 is 9.59 Å². The van der Waals surface area contributed by atoms with Crippen LogP contribution in [0.1, 0.15) is 12.8 Å². The minimum atomic E-state index is -0.504. The molecule has 14 heavy (non-hydrogen) atoms. The molecule has 5 heteroatoms. The van der Waals surface area contributed by atoms with E-state index < -0.39 is 6.04 Å². The lowest BCUT2D eigenvalue weighted by Crippen LogP contribution is -2.49. The zero-order valence-electron chi connectivity index (χ0n) is 7.60. The fourth-order valence-corrected chi connectivity index (χ4v) is 2.33. The molecule has 1 aliphatic carbocycles. The maximum atomic E-state index is 11.5. The third-order valence-corrected chi connectivity index (χ3v) is 3.37. The minimum absolute atomic E-state index is 0.204. The van der Waals surface area contributed by atoms with Crippen molar-refractivity contribution in [3.63, 3.8) is 0 Å². The third-order valence-electron chi connectivity index (χ3n) is 2.47. The lowest BCUT2D eigenvalue weighted by atomic mass is 10.1. The number of amides is 2. The van der Waals surface area contributed by atoms with E-state index in [2.05, 4.69) is 6.07 Å². The van der Waals surface area contributed by atoms with E-state index >= 15 is 0 Å². The van der Waals surface area contributed by atoms with E-state index in [-0.39, 0.29) is 17.7 Å². The first kappa shape index (κ1) is 9.53. The van der Waals surface area contributed by atoms with Crippen molar-refractivity contribution in [1.29, 1.82) is 5.26 Å². The van der Waals surface area contributed by atoms with Crippen LogP contribution in [0.2, 0.25) is 0 Å². The Morgan fingerprint density at radius 3 is 2.36 bits per heavy atom. The molecule has 2 amide bonds. The first-order valence-electron chi connectivity index (χ1n) is 4.56. The van der Waals surface area contributed by atoms with Crippen LogP contribution in [-0.2, 0) is 9.59 Å². The summed E-state index contributed by atoms with van der Waals surface area (Å²) in [6.45, 7) is 0. The Kier molecular flexibility index (Phi) is 2.46. The van der Waals surface area contributed by atoms with Crippen LogP contribution in [0, 0.1) is 17.2 Å². The number of nitrogens with zero attached hydrogens (tertiary/aromatic N) is 2. The van der Waals surface area contributed by atoms with Gasteiger partial charge in [0, 0.05) is 0 Å². The molecule has 0 aromatic rings. The summed E-state index contributed by atoms with van der Waals surface area (Å²) in [5, 5.41) is 8.92. The molecule has 1 atom stereocenters. The van der Waals surface area contributed by atoms with Gasteiger partial charge in [0.05, 0.1) is 17.6 Å². The van der Waals surface area contributed by atoms with Gasteiger partial charge in [-0.05, 0) is 18.8 Å². The Morgan fingerprint density at radius 1 is 1.36 bits per heavy atom. The van der Waals surface area contributed by atoms with Crippen LogP contribution in [0.4, 0.5) is 0 Å². The van der Waals surface area contributed by atoms with Gasteiger partial charge in [-0.3, -0.25) is 14.5 Å². The van der Waals surface area contributed by atoms with Crippen LogP contribution >= 0.6 is 11.8 Å². The number of nitriles is 1. The van der Waals surface area contributed by atoms with E-state index in [1.54, 1.807) is 0 Å². The van der Waals surface area contributed by atoms with Crippen LogP contribution in [0.3, 0.4) is 0 Å². The molecule has 0 aromatic heterocycles. The topological polar surface area (TPSA) is 61.2 Å². The molecule has 2 aliphatic rings. The van der Waals surface area contributed by atoms with E-state index in [0.717, 1.165) is 12.8 Å². The summed E-state index contributed by atoms with van der Waals surface area (Å²) in [6.07, 6.45) is 1.92. The number of thioether (sulfide) groups is 1. The van der Waals surface area contributed by atoms with Crippen molar-refractivity contribution >= 4 is 23.6 Å². The minimum Gasteiger partial charge on any atom is -0.273 e. The number of hydrogen-bond donors (Lipinski definition) is 0.